The Morgan fingerprint density at radius 2 is 2.27 bits per heavy atom. The summed E-state index contributed by atoms with van der Waals surface area (Å²) in [7, 11) is 1.60. The number of hydrogen-bond acceptors (Lipinski definition) is 4. The number of benzene rings is 1. The van der Waals surface area contributed by atoms with E-state index in [1.165, 1.54) is 0 Å². The summed E-state index contributed by atoms with van der Waals surface area (Å²) in [6, 6.07) is 7.30. The van der Waals surface area contributed by atoms with Crippen molar-refractivity contribution in [3.63, 3.8) is 0 Å². The molecule has 1 spiro atoms. The monoisotopic (exact) mass is 304 g/mol. The number of aliphatic hydroxyl groups excluding tert-OH is 1. The van der Waals surface area contributed by atoms with E-state index in [-0.39, 0.29) is 23.8 Å². The molecular weight excluding hydrogens is 280 g/mol. The maximum absolute atomic E-state index is 12.3. The quantitative estimate of drug-likeness (QED) is 0.765. The van der Waals surface area contributed by atoms with Crippen LogP contribution in [0.1, 0.15) is 30.9 Å². The van der Waals surface area contributed by atoms with E-state index < -0.39 is 6.10 Å². The number of ether oxygens (including phenoxy) is 1. The number of carbonyl (C=O) groups excluding carboxylic acids is 1. The highest BCUT2D eigenvalue weighted by Crippen LogP contribution is 2.58. The van der Waals surface area contributed by atoms with Crippen LogP contribution in [0.5, 0.6) is 5.75 Å². The molecule has 1 aromatic carbocycles. The smallest absolute Gasteiger partial charge is 0.223 e. The lowest BCUT2D eigenvalue weighted by Crippen LogP contribution is -2.35. The fourth-order valence-corrected chi connectivity index (χ4v) is 3.48. The number of methoxy groups -OCH3 is 1. The van der Waals surface area contributed by atoms with Crippen molar-refractivity contribution in [3.05, 3.63) is 29.8 Å². The summed E-state index contributed by atoms with van der Waals surface area (Å²) in [4.78, 5) is 12.3. The molecule has 0 aromatic heterocycles. The minimum atomic E-state index is -0.707. The molecule has 2 atom stereocenters. The molecule has 2 fully saturated rings. The lowest BCUT2D eigenvalue weighted by molar-refractivity contribution is -0.123. The largest absolute Gasteiger partial charge is 0.497 e. The van der Waals surface area contributed by atoms with Crippen LogP contribution in [0.3, 0.4) is 0 Å². The highest BCUT2D eigenvalue weighted by Gasteiger charge is 2.57. The molecule has 3 rings (SSSR count). The fraction of sp³-hybridized carbons (Fsp3) is 0.588. The molecule has 5 nitrogen and oxygen atoms in total. The Kier molecular flexibility index (Phi) is 4.36. The third kappa shape index (κ3) is 3.10. The van der Waals surface area contributed by atoms with Crippen molar-refractivity contribution in [2.24, 2.45) is 11.3 Å². The summed E-state index contributed by atoms with van der Waals surface area (Å²) in [6.07, 6.45) is 2.46. The van der Waals surface area contributed by atoms with Crippen LogP contribution in [0.2, 0.25) is 0 Å². The second-order valence-electron chi connectivity index (χ2n) is 6.41. The van der Waals surface area contributed by atoms with E-state index in [1.807, 2.05) is 18.2 Å². The Morgan fingerprint density at radius 1 is 1.50 bits per heavy atom. The highest BCUT2D eigenvalue weighted by atomic mass is 16.5. The van der Waals surface area contributed by atoms with Crippen LogP contribution in [-0.2, 0) is 4.79 Å². The first-order chi connectivity index (χ1) is 10.6. The van der Waals surface area contributed by atoms with E-state index in [2.05, 4.69) is 10.6 Å². The van der Waals surface area contributed by atoms with Gasteiger partial charge >= 0.3 is 0 Å². The molecule has 120 valence electrons. The predicted molar refractivity (Wildman–Crippen MR) is 83.6 cm³/mol. The van der Waals surface area contributed by atoms with E-state index in [0.717, 1.165) is 37.9 Å². The summed E-state index contributed by atoms with van der Waals surface area (Å²) in [5.74, 6) is 0.926. The number of rotatable bonds is 5. The van der Waals surface area contributed by atoms with Crippen molar-refractivity contribution >= 4 is 5.91 Å². The topological polar surface area (TPSA) is 70.6 Å². The van der Waals surface area contributed by atoms with Crippen molar-refractivity contribution in [2.45, 2.75) is 25.4 Å². The lowest BCUT2D eigenvalue weighted by Gasteiger charge is -2.23. The molecule has 1 saturated heterocycles. The molecule has 2 unspecified atom stereocenters. The maximum atomic E-state index is 12.3. The van der Waals surface area contributed by atoms with Gasteiger partial charge in [-0.2, -0.15) is 0 Å². The fourth-order valence-electron chi connectivity index (χ4n) is 3.48. The van der Waals surface area contributed by atoms with Crippen LogP contribution < -0.4 is 15.4 Å². The van der Waals surface area contributed by atoms with Gasteiger partial charge in [0.05, 0.1) is 13.2 Å². The first-order valence-corrected chi connectivity index (χ1v) is 7.95. The minimum Gasteiger partial charge on any atom is -0.497 e. The molecule has 1 amide bonds. The average Bonchev–Trinajstić information content (AvgIpc) is 3.26. The average molecular weight is 304 g/mol. The Morgan fingerprint density at radius 3 is 3.00 bits per heavy atom. The number of nitrogens with one attached hydrogen (secondary N) is 2. The van der Waals surface area contributed by atoms with Crippen molar-refractivity contribution < 1.29 is 14.6 Å². The van der Waals surface area contributed by atoms with Gasteiger partial charge in [0.15, 0.2) is 0 Å². The Balaban J connectivity index is 1.51. The molecule has 1 aliphatic heterocycles. The number of amides is 1. The standard InChI is InChI=1S/C17H24N2O3/c1-22-13-4-2-3-12(9-13)15(20)11-19-16(21)14-10-17(14)5-7-18-8-6-17/h2-4,9,14-15,18,20H,5-8,10-11H2,1H3,(H,19,21). The minimum absolute atomic E-state index is 0.0869. The molecule has 0 bridgehead atoms. The van der Waals surface area contributed by atoms with E-state index >= 15 is 0 Å². The van der Waals surface area contributed by atoms with Gasteiger partial charge in [-0.25, -0.2) is 0 Å². The molecule has 22 heavy (non-hydrogen) atoms. The summed E-state index contributed by atoms with van der Waals surface area (Å²) < 4.78 is 5.15. The van der Waals surface area contributed by atoms with Gasteiger partial charge in [-0.3, -0.25) is 4.79 Å². The van der Waals surface area contributed by atoms with Crippen molar-refractivity contribution in [3.8, 4) is 5.75 Å². The number of piperidine rings is 1. The van der Waals surface area contributed by atoms with Crippen LogP contribution in [-0.4, -0.2) is 37.8 Å². The number of aliphatic hydroxyl groups is 1. The molecule has 2 aliphatic rings. The van der Waals surface area contributed by atoms with Gasteiger partial charge in [-0.15, -0.1) is 0 Å². The van der Waals surface area contributed by atoms with Gasteiger partial charge in [0.1, 0.15) is 5.75 Å². The molecule has 5 heteroatoms. The van der Waals surface area contributed by atoms with Crippen molar-refractivity contribution in [1.82, 2.24) is 10.6 Å². The normalized spacial score (nSPS) is 23.8. The van der Waals surface area contributed by atoms with Gasteiger partial charge in [-0.1, -0.05) is 12.1 Å². The Labute approximate surface area is 131 Å². The summed E-state index contributed by atoms with van der Waals surface area (Å²) >= 11 is 0. The van der Waals surface area contributed by atoms with Gasteiger partial charge in [0, 0.05) is 12.5 Å². The van der Waals surface area contributed by atoms with Crippen LogP contribution in [0, 0.1) is 11.3 Å². The van der Waals surface area contributed by atoms with Gasteiger partial charge < -0.3 is 20.5 Å². The van der Waals surface area contributed by atoms with E-state index in [0.29, 0.717) is 5.75 Å². The van der Waals surface area contributed by atoms with Gasteiger partial charge in [0.25, 0.3) is 0 Å². The Bertz CT molecular complexity index is 540. The molecule has 3 N–H and O–H groups in total. The van der Waals surface area contributed by atoms with Crippen LogP contribution >= 0.6 is 0 Å². The number of hydrogen-bond donors (Lipinski definition) is 3. The van der Waals surface area contributed by atoms with Crippen LogP contribution in [0.4, 0.5) is 0 Å². The van der Waals surface area contributed by atoms with Crippen LogP contribution in [0.15, 0.2) is 24.3 Å². The molecule has 1 aliphatic carbocycles. The molecule has 1 heterocycles. The molecule has 1 aromatic rings. The zero-order chi connectivity index (χ0) is 15.6. The second kappa shape index (κ2) is 6.26. The maximum Gasteiger partial charge on any atom is 0.223 e. The zero-order valence-corrected chi connectivity index (χ0v) is 13.0. The van der Waals surface area contributed by atoms with E-state index in [4.69, 9.17) is 4.74 Å². The Hall–Kier alpha value is -1.59. The molecular formula is C17H24N2O3. The predicted octanol–water partition coefficient (Wildman–Crippen LogP) is 1.23. The third-order valence-corrected chi connectivity index (χ3v) is 5.05. The first kappa shape index (κ1) is 15.3. The highest BCUT2D eigenvalue weighted by molar-refractivity contribution is 5.82. The summed E-state index contributed by atoms with van der Waals surface area (Å²) in [6.45, 7) is 2.27. The van der Waals surface area contributed by atoms with Crippen molar-refractivity contribution in [1.29, 1.82) is 0 Å². The van der Waals surface area contributed by atoms with E-state index in [1.54, 1.807) is 13.2 Å². The van der Waals surface area contributed by atoms with E-state index in [9.17, 15) is 9.90 Å². The van der Waals surface area contributed by atoms with Gasteiger partial charge in [-0.05, 0) is 55.5 Å². The summed E-state index contributed by atoms with van der Waals surface area (Å²) in [5.41, 5.74) is 0.989. The third-order valence-electron chi connectivity index (χ3n) is 5.05. The van der Waals surface area contributed by atoms with Crippen LogP contribution in [0.25, 0.3) is 0 Å². The molecule has 0 radical (unpaired) electrons. The SMILES string of the molecule is COc1cccc(C(O)CNC(=O)C2CC23CCNCC3)c1. The molecule has 1 saturated carbocycles. The number of carbonyl (C=O) groups is 1. The van der Waals surface area contributed by atoms with Crippen molar-refractivity contribution in [2.75, 3.05) is 26.7 Å². The lowest BCUT2D eigenvalue weighted by atomic mass is 9.92. The zero-order valence-electron chi connectivity index (χ0n) is 13.0. The van der Waals surface area contributed by atoms with Gasteiger partial charge in [0.2, 0.25) is 5.91 Å². The first-order valence-electron chi connectivity index (χ1n) is 7.95. The second-order valence-corrected chi connectivity index (χ2v) is 6.41. The summed E-state index contributed by atoms with van der Waals surface area (Å²) in [5, 5.41) is 16.5.